The fourth-order valence-corrected chi connectivity index (χ4v) is 11.9. The Bertz CT molecular complexity index is 3050. The number of benzene rings is 6. The second-order valence-corrected chi connectivity index (χ2v) is 16.7. The number of nitriles is 1. The first-order valence-electron chi connectivity index (χ1n) is 19.5. The predicted octanol–water partition coefficient (Wildman–Crippen LogP) is 11.2. The number of aromatic nitrogens is 2. The van der Waals surface area contributed by atoms with Gasteiger partial charge in [-0.25, -0.2) is 0 Å². The normalized spacial score (nSPS) is 18.4. The van der Waals surface area contributed by atoms with Gasteiger partial charge in [0.15, 0.2) is 0 Å². The zero-order chi connectivity index (χ0) is 35.6. The Hall–Kier alpha value is -6.24. The highest BCUT2D eigenvalue weighted by Crippen LogP contribution is 2.58. The molecule has 6 aliphatic rings. The topological polar surface area (TPSA) is 41.6 Å². The van der Waals surface area contributed by atoms with Gasteiger partial charge in [-0.1, -0.05) is 105 Å². The third-order valence-corrected chi connectivity index (χ3v) is 14.0. The van der Waals surface area contributed by atoms with Gasteiger partial charge < -0.3 is 4.57 Å². The lowest BCUT2D eigenvalue weighted by atomic mass is 9.60. The van der Waals surface area contributed by atoms with Crippen LogP contribution in [-0.4, -0.2) is 9.55 Å². The third-order valence-electron chi connectivity index (χ3n) is 14.0. The first-order valence-corrected chi connectivity index (χ1v) is 19.5. The van der Waals surface area contributed by atoms with Crippen molar-refractivity contribution in [3.05, 3.63) is 188 Å². The van der Waals surface area contributed by atoms with Gasteiger partial charge in [-0.05, 0) is 122 Å². The van der Waals surface area contributed by atoms with Gasteiger partial charge in [-0.15, -0.1) is 0 Å². The van der Waals surface area contributed by atoms with Crippen molar-refractivity contribution in [3.8, 4) is 34.0 Å². The summed E-state index contributed by atoms with van der Waals surface area (Å²) in [5.74, 6) is 0.130. The monoisotopic (exact) mass is 689 g/mol. The quantitative estimate of drug-likeness (QED) is 0.172. The lowest BCUT2D eigenvalue weighted by molar-refractivity contribution is 0.638. The van der Waals surface area contributed by atoms with Crippen LogP contribution in [0, 0.1) is 11.3 Å². The molecule has 6 aromatic carbocycles. The van der Waals surface area contributed by atoms with Crippen molar-refractivity contribution in [1.29, 1.82) is 5.26 Å². The van der Waals surface area contributed by atoms with Crippen LogP contribution in [0.25, 0.3) is 49.7 Å². The Labute approximate surface area is 314 Å². The molecule has 6 aliphatic carbocycles. The molecule has 0 N–H and O–H groups in total. The van der Waals surface area contributed by atoms with E-state index >= 15 is 0 Å². The van der Waals surface area contributed by atoms with Crippen LogP contribution in [-0.2, 0) is 31.1 Å². The number of hydrogen-bond donors (Lipinski definition) is 0. The Morgan fingerprint density at radius 1 is 0.630 bits per heavy atom. The molecule has 2 bridgehead atoms. The van der Waals surface area contributed by atoms with Crippen molar-refractivity contribution < 1.29 is 0 Å². The van der Waals surface area contributed by atoms with Gasteiger partial charge in [0.25, 0.3) is 0 Å². The van der Waals surface area contributed by atoms with Gasteiger partial charge in [-0.2, -0.15) is 5.26 Å². The number of rotatable bonds is 1. The van der Waals surface area contributed by atoms with E-state index in [0.717, 1.165) is 48.1 Å². The molecular formula is C51H35N3. The molecule has 14 rings (SSSR count). The molecule has 0 saturated heterocycles. The number of pyridine rings is 1. The maximum Gasteiger partial charge on any atom is 0.0995 e. The predicted molar refractivity (Wildman–Crippen MR) is 216 cm³/mol. The van der Waals surface area contributed by atoms with Crippen LogP contribution < -0.4 is 0 Å². The van der Waals surface area contributed by atoms with Gasteiger partial charge in [0.1, 0.15) is 0 Å². The Morgan fingerprint density at radius 3 is 2.04 bits per heavy atom. The van der Waals surface area contributed by atoms with Crippen LogP contribution in [0.5, 0.6) is 0 Å². The van der Waals surface area contributed by atoms with E-state index < -0.39 is 0 Å². The molecule has 0 spiro atoms. The first-order chi connectivity index (χ1) is 26.5. The standard InChI is InChI=1S/C51H35N3/c1-51(2)39-17-8-7-16-36(39)48-49-41(26-53-50(48)51)54(40-23-29-19-18-27-10-9-11-28-20-21-37(47(40)49)43(29)42(27)28)31-22-30(25-52)44-38(24-31)45-32-12-3-5-14-34(32)46(44)35-15-6-4-13-33(35)45/h3-17,22-24,26,45-46H,18-21H2,1-2H3. The van der Waals surface area contributed by atoms with Crippen LogP contribution in [0.4, 0.5) is 0 Å². The van der Waals surface area contributed by atoms with Crippen molar-refractivity contribution in [1.82, 2.24) is 9.55 Å². The molecule has 0 radical (unpaired) electrons. The molecule has 3 heteroatoms. The van der Waals surface area contributed by atoms with Gasteiger partial charge in [0.2, 0.25) is 0 Å². The van der Waals surface area contributed by atoms with Crippen LogP contribution in [0.2, 0.25) is 0 Å². The fourth-order valence-electron chi connectivity index (χ4n) is 11.9. The summed E-state index contributed by atoms with van der Waals surface area (Å²) >= 11 is 0. The van der Waals surface area contributed by atoms with Crippen molar-refractivity contribution in [2.45, 2.75) is 56.8 Å². The minimum Gasteiger partial charge on any atom is -0.308 e. The Kier molecular flexibility index (Phi) is 5.33. The highest BCUT2D eigenvalue weighted by atomic mass is 15.0. The summed E-state index contributed by atoms with van der Waals surface area (Å²) in [7, 11) is 0. The molecule has 0 unspecified atom stereocenters. The molecular weight excluding hydrogens is 655 g/mol. The highest BCUT2D eigenvalue weighted by Gasteiger charge is 2.44. The molecule has 0 fully saturated rings. The molecule has 2 aromatic heterocycles. The van der Waals surface area contributed by atoms with Gasteiger partial charge in [0.05, 0.1) is 34.6 Å². The molecule has 0 saturated carbocycles. The zero-order valence-corrected chi connectivity index (χ0v) is 30.3. The summed E-state index contributed by atoms with van der Waals surface area (Å²) in [6.45, 7) is 4.66. The number of fused-ring (bicyclic) bond motifs is 8. The molecule has 2 heterocycles. The van der Waals surface area contributed by atoms with E-state index in [0.29, 0.717) is 0 Å². The molecule has 0 atom stereocenters. The molecule has 0 amide bonds. The van der Waals surface area contributed by atoms with Gasteiger partial charge in [-0.3, -0.25) is 4.98 Å². The minimum atomic E-state index is -0.209. The average molecular weight is 690 g/mol. The maximum absolute atomic E-state index is 11.0. The van der Waals surface area contributed by atoms with E-state index in [4.69, 9.17) is 4.98 Å². The van der Waals surface area contributed by atoms with Crippen molar-refractivity contribution in [3.63, 3.8) is 0 Å². The summed E-state index contributed by atoms with van der Waals surface area (Å²) in [6, 6.07) is 43.6. The van der Waals surface area contributed by atoms with Crippen LogP contribution in [0.1, 0.15) is 98.1 Å². The Balaban J connectivity index is 1.18. The summed E-state index contributed by atoms with van der Waals surface area (Å²) in [5, 5.41) is 13.7. The lowest BCUT2D eigenvalue weighted by Gasteiger charge is -2.42. The molecule has 254 valence electrons. The molecule has 8 aromatic rings. The largest absolute Gasteiger partial charge is 0.308 e. The van der Waals surface area contributed by atoms with Gasteiger partial charge in [0, 0.05) is 39.3 Å². The van der Waals surface area contributed by atoms with Crippen LogP contribution in [0.15, 0.2) is 115 Å². The smallest absolute Gasteiger partial charge is 0.0995 e. The number of aryl methyl sites for hydroxylation is 4. The molecule has 54 heavy (non-hydrogen) atoms. The van der Waals surface area contributed by atoms with E-state index in [1.807, 2.05) is 0 Å². The van der Waals surface area contributed by atoms with E-state index in [2.05, 4.69) is 140 Å². The summed E-state index contributed by atoms with van der Waals surface area (Å²) < 4.78 is 2.49. The second-order valence-electron chi connectivity index (χ2n) is 16.7. The summed E-state index contributed by atoms with van der Waals surface area (Å²) in [4.78, 5) is 5.38. The van der Waals surface area contributed by atoms with E-state index in [1.165, 1.54) is 99.7 Å². The van der Waals surface area contributed by atoms with E-state index in [1.54, 1.807) is 0 Å². The van der Waals surface area contributed by atoms with Crippen molar-refractivity contribution in [2.24, 2.45) is 0 Å². The highest BCUT2D eigenvalue weighted by molar-refractivity contribution is 6.20. The van der Waals surface area contributed by atoms with Crippen LogP contribution >= 0.6 is 0 Å². The third kappa shape index (κ3) is 3.34. The fraction of sp³-hybridized carbons (Fsp3) is 0.176. The molecule has 0 aliphatic heterocycles. The maximum atomic E-state index is 11.0. The van der Waals surface area contributed by atoms with Crippen molar-refractivity contribution >= 4 is 21.8 Å². The summed E-state index contributed by atoms with van der Waals surface area (Å²) in [5.41, 5.74) is 25.8. The Morgan fingerprint density at radius 2 is 1.30 bits per heavy atom. The first kappa shape index (κ1) is 29.2. The molecule has 3 nitrogen and oxygen atoms in total. The zero-order valence-electron chi connectivity index (χ0n) is 30.3. The number of nitrogens with zero attached hydrogens (tertiary/aromatic N) is 3. The number of hydrogen-bond acceptors (Lipinski definition) is 2. The lowest BCUT2D eigenvalue weighted by Crippen LogP contribution is -2.28. The van der Waals surface area contributed by atoms with E-state index in [-0.39, 0.29) is 17.3 Å². The summed E-state index contributed by atoms with van der Waals surface area (Å²) in [6.07, 6.45) is 6.32. The minimum absolute atomic E-state index is 0.0497. The van der Waals surface area contributed by atoms with Crippen LogP contribution in [0.3, 0.4) is 0 Å². The SMILES string of the molecule is CC1(C)c2ccccc2-c2c1ncc1c2c2c3c4c(cc2n1-c1cc(C#N)c2c(c1)C1c5ccccc5C2c2ccccc21)CCc1cccc(c1-4)CC3. The van der Waals surface area contributed by atoms with Gasteiger partial charge >= 0.3 is 0 Å². The second kappa shape index (κ2) is 9.84. The van der Waals surface area contributed by atoms with Crippen molar-refractivity contribution in [2.75, 3.05) is 0 Å². The van der Waals surface area contributed by atoms with E-state index in [9.17, 15) is 5.26 Å². The average Bonchev–Trinajstić information content (AvgIpc) is 3.67.